The maximum atomic E-state index is 12.5. The average Bonchev–Trinajstić information content (AvgIpc) is 2.36. The molecule has 4 nitrogen and oxygen atoms in total. The van der Waals surface area contributed by atoms with Crippen molar-refractivity contribution in [2.75, 3.05) is 6.54 Å². The summed E-state index contributed by atoms with van der Waals surface area (Å²) in [4.78, 5) is 14.3. The monoisotopic (exact) mass is 324 g/mol. The first kappa shape index (κ1) is 17.1. The molecule has 0 spiro atoms. The van der Waals surface area contributed by atoms with Crippen molar-refractivity contribution in [2.45, 2.75) is 58.2 Å². The summed E-state index contributed by atoms with van der Waals surface area (Å²) in [5.74, 6) is 0. The van der Waals surface area contributed by atoms with Gasteiger partial charge in [-0.15, -0.1) is 0 Å². The Kier molecular flexibility index (Phi) is 5.03. The Morgan fingerprint density at radius 3 is 2.68 bits per heavy atom. The number of carbonyl (C=O) groups excluding carboxylic acids is 1. The number of hydrogen-bond donors (Lipinski definition) is 1. The second-order valence-electron chi connectivity index (χ2n) is 6.97. The van der Waals surface area contributed by atoms with E-state index in [-0.39, 0.29) is 18.2 Å². The quantitative estimate of drug-likeness (QED) is 0.848. The Hall–Kier alpha value is -1.26. The fourth-order valence-corrected chi connectivity index (χ4v) is 3.07. The smallest absolute Gasteiger partial charge is 0.410 e. The van der Waals surface area contributed by atoms with Crippen LogP contribution in [-0.4, -0.2) is 29.2 Å². The van der Waals surface area contributed by atoms with E-state index in [9.17, 15) is 4.79 Å². The van der Waals surface area contributed by atoms with Gasteiger partial charge in [0.05, 0.1) is 6.04 Å². The number of ether oxygens (including phenoxy) is 1. The summed E-state index contributed by atoms with van der Waals surface area (Å²) in [5.41, 5.74) is 7.78. The molecule has 1 aliphatic rings. The topological polar surface area (TPSA) is 55.6 Å². The zero-order valence-electron chi connectivity index (χ0n) is 13.7. The number of benzene rings is 1. The first-order chi connectivity index (χ1) is 10.2. The van der Waals surface area contributed by atoms with Gasteiger partial charge in [0.15, 0.2) is 0 Å². The van der Waals surface area contributed by atoms with Crippen molar-refractivity contribution in [3.8, 4) is 0 Å². The molecular weight excluding hydrogens is 300 g/mol. The molecule has 122 valence electrons. The Balaban J connectivity index is 2.29. The van der Waals surface area contributed by atoms with Crippen molar-refractivity contribution >= 4 is 17.7 Å². The minimum Gasteiger partial charge on any atom is -0.444 e. The van der Waals surface area contributed by atoms with Crippen molar-refractivity contribution in [2.24, 2.45) is 5.73 Å². The minimum atomic E-state index is -0.504. The van der Waals surface area contributed by atoms with E-state index in [4.69, 9.17) is 22.1 Å². The van der Waals surface area contributed by atoms with Gasteiger partial charge >= 0.3 is 6.09 Å². The van der Waals surface area contributed by atoms with Gasteiger partial charge in [0, 0.05) is 17.6 Å². The summed E-state index contributed by atoms with van der Waals surface area (Å²) >= 11 is 6.04. The summed E-state index contributed by atoms with van der Waals surface area (Å²) in [6.07, 6.45) is 1.25. The molecule has 1 fully saturated rings. The number of amides is 1. The molecule has 2 unspecified atom stereocenters. The molecule has 1 saturated heterocycles. The van der Waals surface area contributed by atoms with Gasteiger partial charge in [-0.1, -0.05) is 17.7 Å². The second-order valence-corrected chi connectivity index (χ2v) is 7.41. The van der Waals surface area contributed by atoms with Gasteiger partial charge in [-0.05, 0) is 63.8 Å². The van der Waals surface area contributed by atoms with Crippen molar-refractivity contribution in [3.63, 3.8) is 0 Å². The van der Waals surface area contributed by atoms with E-state index < -0.39 is 5.60 Å². The van der Waals surface area contributed by atoms with Gasteiger partial charge in [0.2, 0.25) is 0 Å². The van der Waals surface area contributed by atoms with Gasteiger partial charge in [0.1, 0.15) is 5.60 Å². The lowest BCUT2D eigenvalue weighted by atomic mass is 9.90. The molecule has 1 aromatic carbocycles. The Morgan fingerprint density at radius 1 is 1.41 bits per heavy atom. The zero-order valence-corrected chi connectivity index (χ0v) is 14.5. The molecule has 2 N–H and O–H groups in total. The summed E-state index contributed by atoms with van der Waals surface area (Å²) in [6.45, 7) is 8.26. The lowest BCUT2D eigenvalue weighted by Crippen LogP contribution is -2.47. The zero-order chi connectivity index (χ0) is 16.5. The molecule has 0 saturated carbocycles. The Morgan fingerprint density at radius 2 is 2.09 bits per heavy atom. The van der Waals surface area contributed by atoms with E-state index in [1.54, 1.807) is 4.90 Å². The normalized spacial score (nSPS) is 22.5. The van der Waals surface area contributed by atoms with Crippen LogP contribution in [0.15, 0.2) is 18.2 Å². The summed E-state index contributed by atoms with van der Waals surface area (Å²) in [5, 5.41) is 0.699. The molecule has 0 aliphatic carbocycles. The number of piperidine rings is 1. The number of hydrogen-bond acceptors (Lipinski definition) is 3. The van der Waals surface area contributed by atoms with Gasteiger partial charge < -0.3 is 15.4 Å². The number of likely N-dealkylation sites (tertiary alicyclic amines) is 1. The van der Waals surface area contributed by atoms with Crippen LogP contribution in [0.2, 0.25) is 5.02 Å². The highest BCUT2D eigenvalue weighted by Crippen LogP contribution is 2.34. The molecule has 1 aromatic rings. The van der Waals surface area contributed by atoms with Crippen LogP contribution < -0.4 is 5.73 Å². The van der Waals surface area contributed by atoms with Crippen LogP contribution in [0.25, 0.3) is 0 Å². The van der Waals surface area contributed by atoms with Crippen LogP contribution in [0.4, 0.5) is 4.79 Å². The molecule has 0 aromatic heterocycles. The van der Waals surface area contributed by atoms with Crippen LogP contribution in [0.1, 0.15) is 50.8 Å². The predicted molar refractivity (Wildman–Crippen MR) is 89.1 cm³/mol. The van der Waals surface area contributed by atoms with E-state index in [2.05, 4.69) is 0 Å². The van der Waals surface area contributed by atoms with Crippen molar-refractivity contribution in [1.29, 1.82) is 0 Å². The third-order valence-electron chi connectivity index (χ3n) is 3.86. The fraction of sp³-hybridized carbons (Fsp3) is 0.588. The van der Waals surface area contributed by atoms with Gasteiger partial charge in [-0.25, -0.2) is 4.79 Å². The highest BCUT2D eigenvalue weighted by molar-refractivity contribution is 6.30. The van der Waals surface area contributed by atoms with Crippen molar-refractivity contribution < 1.29 is 9.53 Å². The van der Waals surface area contributed by atoms with Crippen molar-refractivity contribution in [1.82, 2.24) is 4.90 Å². The Bertz CT molecular complexity index is 554. The Labute approximate surface area is 137 Å². The predicted octanol–water partition coefficient (Wildman–Crippen LogP) is 4.05. The number of rotatable bonds is 1. The SMILES string of the molecule is Cc1cc(Cl)ccc1C1CC(N)CCN1C(=O)OC(C)(C)C. The van der Waals surface area contributed by atoms with Gasteiger partial charge in [0.25, 0.3) is 0 Å². The lowest BCUT2D eigenvalue weighted by molar-refractivity contribution is 0.00791. The molecule has 2 rings (SSSR count). The third-order valence-corrected chi connectivity index (χ3v) is 4.10. The highest BCUT2D eigenvalue weighted by atomic mass is 35.5. The van der Waals surface area contributed by atoms with Crippen molar-refractivity contribution in [3.05, 3.63) is 34.3 Å². The number of halogens is 1. The molecule has 1 amide bonds. The molecule has 0 bridgehead atoms. The molecule has 2 atom stereocenters. The molecule has 0 radical (unpaired) electrons. The van der Waals surface area contributed by atoms with Gasteiger partial charge in [-0.2, -0.15) is 0 Å². The molecule has 5 heteroatoms. The number of nitrogens with two attached hydrogens (primary N) is 1. The molecular formula is C17H25ClN2O2. The average molecular weight is 325 g/mol. The number of aryl methyl sites for hydroxylation is 1. The van der Waals surface area contributed by atoms with Crippen LogP contribution in [0, 0.1) is 6.92 Å². The molecule has 22 heavy (non-hydrogen) atoms. The highest BCUT2D eigenvalue weighted by Gasteiger charge is 2.34. The van der Waals surface area contributed by atoms with Crippen LogP contribution in [0.5, 0.6) is 0 Å². The van der Waals surface area contributed by atoms with Crippen LogP contribution >= 0.6 is 11.6 Å². The largest absolute Gasteiger partial charge is 0.444 e. The standard InChI is InChI=1S/C17H25ClN2O2/c1-11-9-12(18)5-6-14(11)15-10-13(19)7-8-20(15)16(21)22-17(2,3)4/h5-6,9,13,15H,7-8,10,19H2,1-4H3. The van der Waals surface area contributed by atoms with Crippen LogP contribution in [0.3, 0.4) is 0 Å². The minimum absolute atomic E-state index is 0.0594. The molecule has 1 heterocycles. The summed E-state index contributed by atoms with van der Waals surface area (Å²) in [7, 11) is 0. The van der Waals surface area contributed by atoms with E-state index in [0.717, 1.165) is 24.0 Å². The van der Waals surface area contributed by atoms with E-state index in [0.29, 0.717) is 11.6 Å². The maximum Gasteiger partial charge on any atom is 0.410 e. The second kappa shape index (κ2) is 6.47. The maximum absolute atomic E-state index is 12.5. The fourth-order valence-electron chi connectivity index (χ4n) is 2.84. The lowest BCUT2D eigenvalue weighted by Gasteiger charge is -2.39. The van der Waals surface area contributed by atoms with Gasteiger partial charge in [-0.3, -0.25) is 0 Å². The first-order valence-electron chi connectivity index (χ1n) is 7.68. The van der Waals surface area contributed by atoms with E-state index in [1.807, 2.05) is 45.9 Å². The number of nitrogens with zero attached hydrogens (tertiary/aromatic N) is 1. The molecule has 1 aliphatic heterocycles. The number of carbonyl (C=O) groups is 1. The third kappa shape index (κ3) is 4.14. The summed E-state index contributed by atoms with van der Waals surface area (Å²) in [6, 6.07) is 5.80. The van der Waals surface area contributed by atoms with Crippen LogP contribution in [-0.2, 0) is 4.74 Å². The summed E-state index contributed by atoms with van der Waals surface area (Å²) < 4.78 is 5.55. The first-order valence-corrected chi connectivity index (χ1v) is 8.06. The van der Waals surface area contributed by atoms with E-state index in [1.165, 1.54) is 0 Å². The van der Waals surface area contributed by atoms with E-state index >= 15 is 0 Å².